The lowest BCUT2D eigenvalue weighted by molar-refractivity contribution is 0.185. The first-order valence-electron chi connectivity index (χ1n) is 5.82. The molecule has 0 aromatic rings. The molecule has 0 unspecified atom stereocenters. The molecule has 0 amide bonds. The summed E-state index contributed by atoms with van der Waals surface area (Å²) in [5, 5.41) is 0. The van der Waals surface area contributed by atoms with Crippen LogP contribution in [-0.2, 0) is 0 Å². The quantitative estimate of drug-likeness (QED) is 0.571. The van der Waals surface area contributed by atoms with E-state index < -0.39 is 0 Å². The average molecular weight is 194 g/mol. The van der Waals surface area contributed by atoms with Gasteiger partial charge in [-0.2, -0.15) is 0 Å². The van der Waals surface area contributed by atoms with Crippen LogP contribution in [0.5, 0.6) is 0 Å². The first kappa shape index (κ1) is 13.6. The summed E-state index contributed by atoms with van der Waals surface area (Å²) in [7, 11) is 0. The zero-order valence-corrected chi connectivity index (χ0v) is 10.7. The number of rotatable bonds is 5. The summed E-state index contributed by atoms with van der Waals surface area (Å²) in [4.78, 5) is 0. The summed E-state index contributed by atoms with van der Waals surface area (Å²) < 4.78 is 0. The Balaban J connectivity index is 4.72. The second-order valence-electron chi connectivity index (χ2n) is 5.65. The summed E-state index contributed by atoms with van der Waals surface area (Å²) in [6.45, 7) is 13.5. The number of hydrogen-bond acceptors (Lipinski definition) is 0. The van der Waals surface area contributed by atoms with E-state index in [9.17, 15) is 0 Å². The van der Waals surface area contributed by atoms with Gasteiger partial charge in [0, 0.05) is 5.41 Å². The first-order chi connectivity index (χ1) is 6.34. The molecule has 0 nitrogen and oxygen atoms in total. The second kappa shape index (κ2) is 5.44. The van der Waals surface area contributed by atoms with Crippen molar-refractivity contribution in [2.75, 3.05) is 0 Å². The van der Waals surface area contributed by atoms with Crippen molar-refractivity contribution in [3.63, 3.8) is 0 Å². The van der Waals surface area contributed by atoms with Crippen LogP contribution in [0.4, 0.5) is 0 Å². The molecule has 0 aliphatic carbocycles. The molecule has 0 radical (unpaired) electrons. The van der Waals surface area contributed by atoms with Gasteiger partial charge in [-0.1, -0.05) is 47.5 Å². The molecule has 0 atom stereocenters. The molecule has 0 saturated carbocycles. The summed E-state index contributed by atoms with van der Waals surface area (Å²) in [5.74, 6) is 5.03. The second-order valence-corrected chi connectivity index (χ2v) is 5.65. The predicted molar refractivity (Wildman–Crippen MR) is 65.0 cm³/mol. The fourth-order valence-corrected chi connectivity index (χ4v) is 2.30. The minimum atomic E-state index is 0.113. The Bertz CT molecular complexity index is 181. The molecule has 0 bridgehead atoms. The largest absolute Gasteiger partial charge is 0.120 e. The van der Waals surface area contributed by atoms with Crippen molar-refractivity contribution in [1.82, 2.24) is 0 Å². The monoisotopic (exact) mass is 194 g/mol. The summed E-state index contributed by atoms with van der Waals surface area (Å²) in [6, 6.07) is 0. The van der Waals surface area contributed by atoms with Gasteiger partial charge in [-0.25, -0.2) is 0 Å². The van der Waals surface area contributed by atoms with Gasteiger partial charge in [0.25, 0.3) is 0 Å². The Hall–Kier alpha value is -0.440. The molecule has 82 valence electrons. The van der Waals surface area contributed by atoms with Crippen LogP contribution in [0, 0.1) is 35.5 Å². The highest BCUT2D eigenvalue weighted by atomic mass is 14.4. The third-order valence-corrected chi connectivity index (χ3v) is 2.94. The Labute approximate surface area is 90.5 Å². The molecule has 0 spiro atoms. The van der Waals surface area contributed by atoms with E-state index in [0.29, 0.717) is 17.8 Å². The van der Waals surface area contributed by atoms with Crippen LogP contribution in [0.3, 0.4) is 0 Å². The number of hydrogen-bond donors (Lipinski definition) is 0. The molecule has 0 aromatic heterocycles. The van der Waals surface area contributed by atoms with Gasteiger partial charge in [0.05, 0.1) is 0 Å². The standard InChI is InChI=1S/C14H26/c1-8-14(13(6)7,9-11(2)3)10-12(4)5/h1,11-13H,9-10H2,2-7H3. The van der Waals surface area contributed by atoms with Gasteiger partial charge in [0.2, 0.25) is 0 Å². The molecule has 0 rings (SSSR count). The first-order valence-corrected chi connectivity index (χ1v) is 5.82. The van der Waals surface area contributed by atoms with Gasteiger partial charge < -0.3 is 0 Å². The fourth-order valence-electron chi connectivity index (χ4n) is 2.30. The molecule has 0 aromatic carbocycles. The molecule has 14 heavy (non-hydrogen) atoms. The van der Waals surface area contributed by atoms with Crippen LogP contribution >= 0.6 is 0 Å². The van der Waals surface area contributed by atoms with E-state index in [1.54, 1.807) is 0 Å². The molecule has 0 saturated heterocycles. The highest BCUT2D eigenvalue weighted by Crippen LogP contribution is 2.39. The van der Waals surface area contributed by atoms with E-state index >= 15 is 0 Å². The van der Waals surface area contributed by atoms with Crippen LogP contribution in [0.15, 0.2) is 0 Å². The van der Waals surface area contributed by atoms with Gasteiger partial charge in [-0.3, -0.25) is 0 Å². The average Bonchev–Trinajstić information content (AvgIpc) is 2.00. The van der Waals surface area contributed by atoms with E-state index in [1.165, 1.54) is 0 Å². The van der Waals surface area contributed by atoms with Gasteiger partial charge in [0.1, 0.15) is 0 Å². The van der Waals surface area contributed by atoms with Gasteiger partial charge in [-0.05, 0) is 30.6 Å². The highest BCUT2D eigenvalue weighted by Gasteiger charge is 2.32. The summed E-state index contributed by atoms with van der Waals surface area (Å²) in [5.41, 5.74) is 0.113. The SMILES string of the molecule is C#CC(CC(C)C)(CC(C)C)C(C)C. The maximum atomic E-state index is 5.76. The molecular weight excluding hydrogens is 168 g/mol. The predicted octanol–water partition coefficient (Wildman–Crippen LogP) is 4.35. The zero-order chi connectivity index (χ0) is 11.4. The van der Waals surface area contributed by atoms with Gasteiger partial charge >= 0.3 is 0 Å². The topological polar surface area (TPSA) is 0 Å². The van der Waals surface area contributed by atoms with Crippen LogP contribution in [-0.4, -0.2) is 0 Å². The molecule has 0 aliphatic heterocycles. The molecule has 0 fully saturated rings. The van der Waals surface area contributed by atoms with E-state index in [1.807, 2.05) is 0 Å². The summed E-state index contributed by atoms with van der Waals surface area (Å²) >= 11 is 0. The van der Waals surface area contributed by atoms with Crippen molar-refractivity contribution in [1.29, 1.82) is 0 Å². The van der Waals surface area contributed by atoms with Gasteiger partial charge in [-0.15, -0.1) is 6.42 Å². The normalized spacial score (nSPS) is 12.6. The molecule has 0 heteroatoms. The third kappa shape index (κ3) is 3.74. The van der Waals surface area contributed by atoms with Gasteiger partial charge in [0.15, 0.2) is 0 Å². The smallest absolute Gasteiger partial charge is 0.0339 e. The lowest BCUT2D eigenvalue weighted by Gasteiger charge is -2.36. The molecular formula is C14H26. The van der Waals surface area contributed by atoms with Crippen molar-refractivity contribution in [3.05, 3.63) is 0 Å². The maximum Gasteiger partial charge on any atom is 0.0339 e. The Kier molecular flexibility index (Phi) is 5.27. The summed E-state index contributed by atoms with van der Waals surface area (Å²) in [6.07, 6.45) is 8.06. The Morgan fingerprint density at radius 1 is 0.929 bits per heavy atom. The van der Waals surface area contributed by atoms with E-state index in [4.69, 9.17) is 6.42 Å². The lowest BCUT2D eigenvalue weighted by atomic mass is 9.68. The van der Waals surface area contributed by atoms with Crippen LogP contribution in [0.1, 0.15) is 54.4 Å². The van der Waals surface area contributed by atoms with E-state index in [0.717, 1.165) is 12.8 Å². The molecule has 0 aliphatic rings. The minimum absolute atomic E-state index is 0.113. The Morgan fingerprint density at radius 3 is 1.43 bits per heavy atom. The minimum Gasteiger partial charge on any atom is -0.120 e. The maximum absolute atomic E-state index is 5.76. The van der Waals surface area contributed by atoms with Crippen molar-refractivity contribution in [2.24, 2.45) is 23.2 Å². The van der Waals surface area contributed by atoms with E-state index in [-0.39, 0.29) is 5.41 Å². The fraction of sp³-hybridized carbons (Fsp3) is 0.857. The molecule has 0 N–H and O–H groups in total. The van der Waals surface area contributed by atoms with Crippen molar-refractivity contribution < 1.29 is 0 Å². The van der Waals surface area contributed by atoms with Crippen molar-refractivity contribution in [2.45, 2.75) is 54.4 Å². The molecule has 0 heterocycles. The Morgan fingerprint density at radius 2 is 1.29 bits per heavy atom. The third-order valence-electron chi connectivity index (χ3n) is 2.94. The van der Waals surface area contributed by atoms with E-state index in [2.05, 4.69) is 47.5 Å². The number of terminal acetylenes is 1. The zero-order valence-electron chi connectivity index (χ0n) is 10.7. The lowest BCUT2D eigenvalue weighted by Crippen LogP contribution is -2.29. The van der Waals surface area contributed by atoms with Crippen LogP contribution < -0.4 is 0 Å². The highest BCUT2D eigenvalue weighted by molar-refractivity contribution is 5.07. The van der Waals surface area contributed by atoms with Crippen LogP contribution in [0.2, 0.25) is 0 Å². The van der Waals surface area contributed by atoms with Crippen molar-refractivity contribution in [3.8, 4) is 12.3 Å². The van der Waals surface area contributed by atoms with Crippen LogP contribution in [0.25, 0.3) is 0 Å². The van der Waals surface area contributed by atoms with Crippen molar-refractivity contribution >= 4 is 0 Å².